The summed E-state index contributed by atoms with van der Waals surface area (Å²) in [6, 6.07) is 11.6. The molecule has 0 radical (unpaired) electrons. The van der Waals surface area contributed by atoms with Gasteiger partial charge in [0.05, 0.1) is 48.6 Å². The summed E-state index contributed by atoms with van der Waals surface area (Å²) in [6.45, 7) is 11.6. The number of ether oxygens (including phenoxy) is 2. The van der Waals surface area contributed by atoms with Gasteiger partial charge in [0.15, 0.2) is 0 Å². The normalized spacial score (nSPS) is 15.4. The summed E-state index contributed by atoms with van der Waals surface area (Å²) in [6.07, 6.45) is 9.26. The lowest BCUT2D eigenvalue weighted by Crippen LogP contribution is -2.35. The Balaban J connectivity index is 1.66. The van der Waals surface area contributed by atoms with Crippen LogP contribution in [0.1, 0.15) is 117 Å². The summed E-state index contributed by atoms with van der Waals surface area (Å²) in [5, 5.41) is 4.97. The zero-order chi connectivity index (χ0) is 35.2. The number of nitrogens with one attached hydrogen (secondary N) is 1. The molecule has 49 heavy (non-hydrogen) atoms. The van der Waals surface area contributed by atoms with E-state index in [0.29, 0.717) is 29.5 Å². The molecule has 10 nitrogen and oxygen atoms in total. The van der Waals surface area contributed by atoms with Crippen molar-refractivity contribution in [2.45, 2.75) is 96.9 Å². The number of hydrogen-bond donors (Lipinski definition) is 1. The van der Waals surface area contributed by atoms with Crippen LogP contribution in [0.25, 0.3) is 33.8 Å². The fourth-order valence-electron chi connectivity index (χ4n) is 7.16. The van der Waals surface area contributed by atoms with Gasteiger partial charge in [-0.25, -0.2) is 17.9 Å². The molecule has 1 aliphatic carbocycles. The summed E-state index contributed by atoms with van der Waals surface area (Å²) < 4.78 is 42.9. The third-order valence-corrected chi connectivity index (χ3v) is 11.3. The van der Waals surface area contributed by atoms with Crippen LogP contribution in [0, 0.1) is 0 Å². The molecule has 260 valence electrons. The first-order valence-corrected chi connectivity index (χ1v) is 18.7. The lowest BCUT2D eigenvalue weighted by Gasteiger charge is -2.25. The van der Waals surface area contributed by atoms with Crippen molar-refractivity contribution in [1.29, 1.82) is 0 Å². The number of hydrogen-bond acceptors (Lipinski definition) is 7. The van der Waals surface area contributed by atoms with E-state index in [4.69, 9.17) is 14.6 Å². The number of esters is 1. The number of amides is 1. The molecule has 3 heterocycles. The minimum atomic E-state index is -3.84. The van der Waals surface area contributed by atoms with Gasteiger partial charge in [-0.3, -0.25) is 9.48 Å². The third kappa shape index (κ3) is 6.40. The maximum Gasteiger partial charge on any atom is 0.341 e. The van der Waals surface area contributed by atoms with Gasteiger partial charge in [-0.2, -0.15) is 5.10 Å². The Kier molecular flexibility index (Phi) is 9.25. The van der Waals surface area contributed by atoms with Crippen LogP contribution in [0.5, 0.6) is 5.75 Å². The average molecular weight is 687 g/mol. The molecule has 1 N–H and O–H groups in total. The Morgan fingerprint density at radius 1 is 1.04 bits per heavy atom. The van der Waals surface area contributed by atoms with Crippen molar-refractivity contribution in [3.63, 3.8) is 0 Å². The highest BCUT2D eigenvalue weighted by Crippen LogP contribution is 2.48. The number of carbonyl (C=O) groups excluding carboxylic acids is 2. The largest absolute Gasteiger partial charge is 0.497 e. The minimum Gasteiger partial charge on any atom is -0.497 e. The first-order valence-electron chi connectivity index (χ1n) is 17.1. The Morgan fingerprint density at radius 2 is 1.78 bits per heavy atom. The van der Waals surface area contributed by atoms with E-state index in [1.54, 1.807) is 32.4 Å². The molecule has 1 aliphatic heterocycles. The molecule has 2 aromatic carbocycles. The van der Waals surface area contributed by atoms with Crippen LogP contribution in [0.2, 0.25) is 0 Å². The van der Waals surface area contributed by atoms with Gasteiger partial charge in [-0.15, -0.1) is 0 Å². The molecule has 2 aromatic heterocycles. The number of aromatic nitrogens is 3. The molecule has 0 unspecified atom stereocenters. The maximum absolute atomic E-state index is 13.4. The summed E-state index contributed by atoms with van der Waals surface area (Å²) in [4.78, 5) is 26.8. The molecule has 0 spiro atoms. The van der Waals surface area contributed by atoms with Crippen molar-refractivity contribution < 1.29 is 27.5 Å². The van der Waals surface area contributed by atoms with Crippen molar-refractivity contribution in [1.82, 2.24) is 19.1 Å². The Hall–Kier alpha value is -4.38. The number of allylic oxidation sites excluding steroid dienone is 1. The standard InChI is InChI=1S/C38H46N4O6S/c1-8-48-37(44)31-21-39-42(38(4,5)6)34(31)27-18-26-19-28(47-7)15-17-29(26)35-33(24-12-10-9-11-13-24)30-16-14-25(20-32(30)41(35)22-27)36(43)40-49(45,46)23(2)3/h14-21,23-24H,8-13,22H2,1-7H3,(H,40,43). The lowest BCUT2D eigenvalue weighted by atomic mass is 9.81. The summed E-state index contributed by atoms with van der Waals surface area (Å²) >= 11 is 0. The van der Waals surface area contributed by atoms with Gasteiger partial charge in [0.1, 0.15) is 11.3 Å². The predicted octanol–water partition coefficient (Wildman–Crippen LogP) is 7.52. The van der Waals surface area contributed by atoms with Gasteiger partial charge in [0.2, 0.25) is 10.0 Å². The fraction of sp³-hybridized carbons (Fsp3) is 0.447. The molecule has 11 heteroatoms. The minimum absolute atomic E-state index is 0.229. The Labute approximate surface area is 288 Å². The molecule has 6 rings (SSSR count). The molecule has 2 aliphatic rings. The molecule has 1 saturated carbocycles. The molecule has 0 saturated heterocycles. The second-order valence-corrected chi connectivity index (χ2v) is 16.5. The second kappa shape index (κ2) is 13.2. The number of fused-ring (bicyclic) bond motifs is 5. The van der Waals surface area contributed by atoms with E-state index in [9.17, 15) is 18.0 Å². The van der Waals surface area contributed by atoms with Crippen molar-refractivity contribution >= 4 is 44.5 Å². The third-order valence-electron chi connectivity index (χ3n) is 9.61. The molecule has 0 atom stereocenters. The molecule has 1 amide bonds. The molecule has 0 bridgehead atoms. The van der Waals surface area contributed by atoms with Crippen molar-refractivity contribution in [2.75, 3.05) is 13.7 Å². The van der Waals surface area contributed by atoms with Gasteiger partial charge in [-0.1, -0.05) is 25.3 Å². The van der Waals surface area contributed by atoms with Gasteiger partial charge in [0.25, 0.3) is 5.91 Å². The zero-order valence-corrected chi connectivity index (χ0v) is 30.2. The number of rotatable bonds is 8. The fourth-order valence-corrected chi connectivity index (χ4v) is 7.77. The molecule has 4 aromatic rings. The van der Waals surface area contributed by atoms with Crippen LogP contribution in [0.3, 0.4) is 0 Å². The van der Waals surface area contributed by atoms with E-state index < -0.39 is 32.7 Å². The first kappa shape index (κ1) is 34.5. The number of sulfonamides is 1. The smallest absolute Gasteiger partial charge is 0.341 e. The van der Waals surface area contributed by atoms with Crippen LogP contribution in [0.15, 0.2) is 42.6 Å². The monoisotopic (exact) mass is 686 g/mol. The average Bonchev–Trinajstić information content (AvgIpc) is 3.60. The number of methoxy groups -OCH3 is 1. The van der Waals surface area contributed by atoms with Gasteiger partial charge in [-0.05, 0) is 113 Å². The van der Waals surface area contributed by atoms with E-state index in [0.717, 1.165) is 59.0 Å². The molecular weight excluding hydrogens is 641 g/mol. The molecular formula is C38H46N4O6S. The summed E-state index contributed by atoms with van der Waals surface area (Å²) in [5.74, 6) is -0.108. The Morgan fingerprint density at radius 3 is 2.43 bits per heavy atom. The Bertz CT molecular complexity index is 2070. The van der Waals surface area contributed by atoms with E-state index in [1.165, 1.54) is 25.8 Å². The number of nitrogens with zero attached hydrogens (tertiary/aromatic N) is 3. The van der Waals surface area contributed by atoms with E-state index in [-0.39, 0.29) is 12.2 Å². The van der Waals surface area contributed by atoms with Gasteiger partial charge in [0, 0.05) is 22.0 Å². The van der Waals surface area contributed by atoms with E-state index >= 15 is 0 Å². The number of carbonyl (C=O) groups is 2. The van der Waals surface area contributed by atoms with Crippen LogP contribution in [0.4, 0.5) is 0 Å². The van der Waals surface area contributed by atoms with Crippen LogP contribution < -0.4 is 9.46 Å². The maximum atomic E-state index is 13.4. The van der Waals surface area contributed by atoms with Gasteiger partial charge >= 0.3 is 5.97 Å². The van der Waals surface area contributed by atoms with Crippen molar-refractivity contribution in [3.05, 3.63) is 70.5 Å². The summed E-state index contributed by atoms with van der Waals surface area (Å²) in [7, 11) is -2.19. The zero-order valence-electron chi connectivity index (χ0n) is 29.4. The van der Waals surface area contributed by atoms with Crippen LogP contribution in [-0.4, -0.2) is 53.6 Å². The van der Waals surface area contributed by atoms with Crippen LogP contribution in [-0.2, 0) is 26.8 Å². The van der Waals surface area contributed by atoms with E-state index in [1.807, 2.05) is 43.7 Å². The van der Waals surface area contributed by atoms with E-state index in [2.05, 4.69) is 21.4 Å². The van der Waals surface area contributed by atoms with Crippen LogP contribution >= 0.6 is 0 Å². The highest BCUT2D eigenvalue weighted by molar-refractivity contribution is 7.90. The quantitative estimate of drug-likeness (QED) is 0.190. The van der Waals surface area contributed by atoms with Crippen molar-refractivity contribution in [3.8, 4) is 17.0 Å². The van der Waals surface area contributed by atoms with Gasteiger partial charge < -0.3 is 14.0 Å². The first-order chi connectivity index (χ1) is 23.2. The number of benzene rings is 2. The highest BCUT2D eigenvalue weighted by Gasteiger charge is 2.33. The lowest BCUT2D eigenvalue weighted by molar-refractivity contribution is 0.0525. The second-order valence-electron chi connectivity index (χ2n) is 14.3. The summed E-state index contributed by atoms with van der Waals surface area (Å²) in [5.41, 5.74) is 6.71. The highest BCUT2D eigenvalue weighted by atomic mass is 32.2. The SMILES string of the molecule is CCOC(=O)c1cnn(C(C)(C)C)c1C1=Cc2cc(OC)ccc2-c2c(C3CCCCC3)c3ccc(C(=O)NS(=O)(=O)C(C)C)cc3n2C1. The molecule has 1 fully saturated rings. The predicted molar refractivity (Wildman–Crippen MR) is 192 cm³/mol. The van der Waals surface area contributed by atoms with Crippen molar-refractivity contribution in [2.24, 2.45) is 0 Å². The topological polar surface area (TPSA) is 122 Å².